The molecule has 0 fully saturated rings. The average Bonchev–Trinajstić information content (AvgIpc) is 2.40. The summed E-state index contributed by atoms with van der Waals surface area (Å²) in [6.07, 6.45) is 0.475. The maximum atomic E-state index is 12.2. The van der Waals surface area contributed by atoms with Crippen molar-refractivity contribution in [3.63, 3.8) is 0 Å². The van der Waals surface area contributed by atoms with Gasteiger partial charge in [-0.15, -0.1) is 0 Å². The van der Waals surface area contributed by atoms with Crippen LogP contribution in [0.2, 0.25) is 0 Å². The van der Waals surface area contributed by atoms with Crippen molar-refractivity contribution in [2.75, 3.05) is 0 Å². The molecule has 0 atom stereocenters. The number of benzene rings is 2. The predicted octanol–water partition coefficient (Wildman–Crippen LogP) is 4.24. The summed E-state index contributed by atoms with van der Waals surface area (Å²) in [6, 6.07) is 17.8. The van der Waals surface area contributed by atoms with Gasteiger partial charge in [-0.1, -0.05) is 62.4 Å². The van der Waals surface area contributed by atoms with Crippen molar-refractivity contribution < 1.29 is 4.79 Å². The van der Waals surface area contributed by atoms with E-state index in [-0.39, 0.29) is 5.78 Å². The summed E-state index contributed by atoms with van der Waals surface area (Å²) in [7, 11) is 0. The Morgan fingerprint density at radius 1 is 1.00 bits per heavy atom. The molecule has 0 N–H and O–H groups in total. The van der Waals surface area contributed by atoms with Crippen molar-refractivity contribution in [2.45, 2.75) is 26.2 Å². The zero-order valence-corrected chi connectivity index (χ0v) is 10.9. The third kappa shape index (κ3) is 3.07. The molecule has 2 aromatic rings. The van der Waals surface area contributed by atoms with Crippen LogP contribution in [0.15, 0.2) is 54.6 Å². The molecule has 0 aromatic heterocycles. The van der Waals surface area contributed by atoms with Gasteiger partial charge in [0.05, 0.1) is 0 Å². The summed E-state index contributed by atoms with van der Waals surface area (Å²) >= 11 is 0. The largest absolute Gasteiger partial charge is 0.294 e. The van der Waals surface area contributed by atoms with Gasteiger partial charge in [0.15, 0.2) is 5.78 Å². The van der Waals surface area contributed by atoms with Gasteiger partial charge in [-0.3, -0.25) is 4.79 Å². The van der Waals surface area contributed by atoms with Crippen LogP contribution in [0.4, 0.5) is 0 Å². The van der Waals surface area contributed by atoms with E-state index in [1.165, 1.54) is 5.56 Å². The van der Waals surface area contributed by atoms with E-state index >= 15 is 0 Å². The van der Waals surface area contributed by atoms with E-state index in [0.717, 1.165) is 11.1 Å². The first-order valence-corrected chi connectivity index (χ1v) is 6.34. The summed E-state index contributed by atoms with van der Waals surface area (Å²) in [5.41, 5.74) is 3.09. The van der Waals surface area contributed by atoms with E-state index in [2.05, 4.69) is 19.9 Å². The maximum Gasteiger partial charge on any atom is 0.167 e. The molecular weight excluding hydrogens is 220 g/mol. The lowest BCUT2D eigenvalue weighted by atomic mass is 9.97. The third-order valence-corrected chi connectivity index (χ3v) is 3.08. The molecule has 0 bridgehead atoms. The van der Waals surface area contributed by atoms with Crippen LogP contribution in [-0.2, 0) is 6.42 Å². The van der Waals surface area contributed by atoms with Gasteiger partial charge in [-0.2, -0.15) is 0 Å². The van der Waals surface area contributed by atoms with Crippen molar-refractivity contribution in [1.29, 1.82) is 0 Å². The standard InChI is InChI=1S/C17H18O/c1-13(2)15-9-6-10-16(12-15)17(18)11-14-7-4-3-5-8-14/h3-10,12-13H,11H2,1-2H3. The van der Waals surface area contributed by atoms with E-state index in [0.29, 0.717) is 12.3 Å². The highest BCUT2D eigenvalue weighted by molar-refractivity contribution is 5.97. The zero-order valence-electron chi connectivity index (χ0n) is 10.9. The van der Waals surface area contributed by atoms with E-state index in [4.69, 9.17) is 0 Å². The summed E-state index contributed by atoms with van der Waals surface area (Å²) in [6.45, 7) is 4.28. The minimum atomic E-state index is 0.184. The van der Waals surface area contributed by atoms with Crippen LogP contribution >= 0.6 is 0 Å². The summed E-state index contributed by atoms with van der Waals surface area (Å²) < 4.78 is 0. The second-order valence-electron chi connectivity index (χ2n) is 4.87. The number of Topliss-reactive ketones (excluding diaryl/α,β-unsaturated/α-hetero) is 1. The lowest BCUT2D eigenvalue weighted by Crippen LogP contribution is -2.04. The minimum Gasteiger partial charge on any atom is -0.294 e. The SMILES string of the molecule is CC(C)c1cccc(C(=O)Cc2ccccc2)c1. The molecule has 0 unspecified atom stereocenters. The van der Waals surface area contributed by atoms with Crippen LogP contribution in [-0.4, -0.2) is 5.78 Å². The molecule has 0 radical (unpaired) electrons. The predicted molar refractivity (Wildman–Crippen MR) is 75.0 cm³/mol. The highest BCUT2D eigenvalue weighted by Gasteiger charge is 2.08. The Labute approximate surface area is 108 Å². The highest BCUT2D eigenvalue weighted by atomic mass is 16.1. The van der Waals surface area contributed by atoms with Gasteiger partial charge in [0.2, 0.25) is 0 Å². The minimum absolute atomic E-state index is 0.184. The molecule has 0 saturated carbocycles. The first kappa shape index (κ1) is 12.6. The number of carbonyl (C=O) groups is 1. The topological polar surface area (TPSA) is 17.1 Å². The normalized spacial score (nSPS) is 10.6. The van der Waals surface area contributed by atoms with Gasteiger partial charge >= 0.3 is 0 Å². The first-order valence-electron chi connectivity index (χ1n) is 6.34. The summed E-state index contributed by atoms with van der Waals surface area (Å²) in [5, 5.41) is 0. The van der Waals surface area contributed by atoms with E-state index < -0.39 is 0 Å². The fourth-order valence-corrected chi connectivity index (χ4v) is 1.95. The fourth-order valence-electron chi connectivity index (χ4n) is 1.95. The Morgan fingerprint density at radius 3 is 2.39 bits per heavy atom. The monoisotopic (exact) mass is 238 g/mol. The molecule has 1 nitrogen and oxygen atoms in total. The van der Waals surface area contributed by atoms with Crippen LogP contribution in [0.1, 0.15) is 41.3 Å². The Balaban J connectivity index is 2.16. The van der Waals surface area contributed by atoms with E-state index in [9.17, 15) is 4.79 Å². The van der Waals surface area contributed by atoms with Crippen molar-refractivity contribution in [3.05, 3.63) is 71.3 Å². The molecule has 18 heavy (non-hydrogen) atoms. The molecule has 0 heterocycles. The number of hydrogen-bond donors (Lipinski definition) is 0. The maximum absolute atomic E-state index is 12.2. The molecule has 0 aliphatic heterocycles. The van der Waals surface area contributed by atoms with E-state index in [1.54, 1.807) is 0 Å². The third-order valence-electron chi connectivity index (χ3n) is 3.08. The van der Waals surface area contributed by atoms with Crippen molar-refractivity contribution in [3.8, 4) is 0 Å². The Bertz CT molecular complexity index is 526. The molecule has 1 heteroatoms. The second-order valence-corrected chi connectivity index (χ2v) is 4.87. The molecule has 92 valence electrons. The van der Waals surface area contributed by atoms with Gasteiger partial charge in [0, 0.05) is 12.0 Å². The smallest absolute Gasteiger partial charge is 0.167 e. The lowest BCUT2D eigenvalue weighted by Gasteiger charge is -2.07. The summed E-state index contributed by atoms with van der Waals surface area (Å²) in [4.78, 5) is 12.2. The zero-order chi connectivity index (χ0) is 13.0. The van der Waals surface area contributed by atoms with Crippen LogP contribution in [0, 0.1) is 0 Å². The van der Waals surface area contributed by atoms with Gasteiger partial charge in [0.25, 0.3) is 0 Å². The quantitative estimate of drug-likeness (QED) is 0.728. The van der Waals surface area contributed by atoms with Crippen molar-refractivity contribution >= 4 is 5.78 Å². The van der Waals surface area contributed by atoms with Crippen LogP contribution in [0.5, 0.6) is 0 Å². The van der Waals surface area contributed by atoms with Crippen molar-refractivity contribution in [2.24, 2.45) is 0 Å². The van der Waals surface area contributed by atoms with Crippen LogP contribution in [0.3, 0.4) is 0 Å². The number of hydrogen-bond acceptors (Lipinski definition) is 1. The van der Waals surface area contributed by atoms with Crippen LogP contribution < -0.4 is 0 Å². The van der Waals surface area contributed by atoms with Crippen LogP contribution in [0.25, 0.3) is 0 Å². The molecule has 0 spiro atoms. The average molecular weight is 238 g/mol. The lowest BCUT2D eigenvalue weighted by molar-refractivity contribution is 0.0993. The van der Waals surface area contributed by atoms with Gasteiger partial charge < -0.3 is 0 Å². The van der Waals surface area contributed by atoms with Gasteiger partial charge in [-0.05, 0) is 23.1 Å². The van der Waals surface area contributed by atoms with E-state index in [1.807, 2.05) is 48.5 Å². The van der Waals surface area contributed by atoms with Crippen molar-refractivity contribution in [1.82, 2.24) is 0 Å². The number of ketones is 1. The Morgan fingerprint density at radius 2 is 1.72 bits per heavy atom. The number of carbonyl (C=O) groups excluding carboxylic acids is 1. The molecule has 0 amide bonds. The molecular formula is C17H18O. The Hall–Kier alpha value is -1.89. The fraction of sp³-hybridized carbons (Fsp3) is 0.235. The van der Waals surface area contributed by atoms with Gasteiger partial charge in [0.1, 0.15) is 0 Å². The molecule has 2 aromatic carbocycles. The molecule has 0 aliphatic rings. The molecule has 0 saturated heterocycles. The molecule has 0 aliphatic carbocycles. The number of rotatable bonds is 4. The second kappa shape index (κ2) is 5.63. The first-order chi connectivity index (χ1) is 8.66. The summed E-state index contributed by atoms with van der Waals surface area (Å²) in [5.74, 6) is 0.637. The Kier molecular flexibility index (Phi) is 3.93. The highest BCUT2D eigenvalue weighted by Crippen LogP contribution is 2.17. The van der Waals surface area contributed by atoms with Gasteiger partial charge in [-0.25, -0.2) is 0 Å². The molecule has 2 rings (SSSR count).